The summed E-state index contributed by atoms with van der Waals surface area (Å²) in [4.78, 5) is 14.0. The fourth-order valence-corrected chi connectivity index (χ4v) is 4.96. The van der Waals surface area contributed by atoms with E-state index in [1.165, 1.54) is 15.8 Å². The number of benzene rings is 2. The summed E-state index contributed by atoms with van der Waals surface area (Å²) in [5, 5.41) is 4.67. The lowest BCUT2D eigenvalue weighted by Gasteiger charge is -2.33. The van der Waals surface area contributed by atoms with Crippen LogP contribution in [-0.2, 0) is 10.0 Å². The Morgan fingerprint density at radius 2 is 1.71 bits per heavy atom. The smallest absolute Gasteiger partial charge is 0.257 e. The molecule has 0 radical (unpaired) electrons. The molecule has 2 aromatic carbocycles. The minimum atomic E-state index is -3.99. The van der Waals surface area contributed by atoms with Crippen LogP contribution in [0.1, 0.15) is 10.4 Å². The molecule has 0 N–H and O–H groups in total. The van der Waals surface area contributed by atoms with Crippen molar-refractivity contribution < 1.29 is 22.0 Å². The second-order valence-electron chi connectivity index (χ2n) is 6.90. The molecule has 1 aliphatic rings. The van der Waals surface area contributed by atoms with E-state index in [2.05, 4.69) is 5.10 Å². The molecule has 0 unspecified atom stereocenters. The Kier molecular flexibility index (Phi) is 5.78. The molecule has 7 nitrogen and oxygen atoms in total. The zero-order valence-corrected chi connectivity index (χ0v) is 17.7. The van der Waals surface area contributed by atoms with Gasteiger partial charge in [0.2, 0.25) is 10.0 Å². The number of carbonyl (C=O) groups excluding carboxylic acids is 1. The summed E-state index contributed by atoms with van der Waals surface area (Å²) in [6.07, 6.45) is 2.99. The number of hydrogen-bond acceptors (Lipinski definition) is 4. The number of rotatable bonds is 4. The molecule has 162 valence electrons. The Labute approximate surface area is 182 Å². The molecule has 3 aromatic rings. The minimum absolute atomic E-state index is 0.0335. The molecule has 31 heavy (non-hydrogen) atoms. The first-order valence-electron chi connectivity index (χ1n) is 9.31. The van der Waals surface area contributed by atoms with E-state index in [9.17, 15) is 22.0 Å². The Morgan fingerprint density at radius 3 is 2.39 bits per heavy atom. The molecule has 0 atom stereocenters. The molecule has 0 saturated carbocycles. The Balaban J connectivity index is 1.45. The molecule has 1 fully saturated rings. The number of hydrogen-bond donors (Lipinski definition) is 0. The van der Waals surface area contributed by atoms with Gasteiger partial charge in [-0.25, -0.2) is 21.9 Å². The highest BCUT2D eigenvalue weighted by molar-refractivity contribution is 7.89. The van der Waals surface area contributed by atoms with Crippen molar-refractivity contribution in [1.82, 2.24) is 19.0 Å². The van der Waals surface area contributed by atoms with E-state index in [1.54, 1.807) is 30.5 Å². The van der Waals surface area contributed by atoms with E-state index in [1.807, 2.05) is 0 Å². The largest absolute Gasteiger partial charge is 0.336 e. The van der Waals surface area contributed by atoms with Crippen LogP contribution in [0, 0.1) is 11.6 Å². The van der Waals surface area contributed by atoms with Crippen LogP contribution in [0.4, 0.5) is 8.78 Å². The summed E-state index contributed by atoms with van der Waals surface area (Å²) in [7, 11) is -3.99. The van der Waals surface area contributed by atoms with Gasteiger partial charge in [0.05, 0.1) is 27.4 Å². The lowest BCUT2D eigenvalue weighted by atomic mass is 10.2. The van der Waals surface area contributed by atoms with Crippen molar-refractivity contribution in [2.45, 2.75) is 4.90 Å². The van der Waals surface area contributed by atoms with Crippen molar-refractivity contribution in [2.75, 3.05) is 26.2 Å². The maximum atomic E-state index is 13.5. The molecular formula is C20H17ClF2N4O3S. The Bertz CT molecular complexity index is 1240. The third kappa shape index (κ3) is 4.18. The molecule has 1 aromatic heterocycles. The molecule has 0 aliphatic carbocycles. The summed E-state index contributed by atoms with van der Waals surface area (Å²) in [5.41, 5.74) is 0.975. The first-order chi connectivity index (χ1) is 14.8. The van der Waals surface area contributed by atoms with E-state index < -0.39 is 21.7 Å². The molecule has 1 aliphatic heterocycles. The molecule has 0 bridgehead atoms. The van der Waals surface area contributed by atoms with Crippen molar-refractivity contribution in [2.24, 2.45) is 0 Å². The van der Waals surface area contributed by atoms with Crippen molar-refractivity contribution in [3.8, 4) is 5.69 Å². The molecular weight excluding hydrogens is 450 g/mol. The number of carbonyl (C=O) groups is 1. The van der Waals surface area contributed by atoms with Gasteiger partial charge in [0.25, 0.3) is 5.91 Å². The van der Waals surface area contributed by atoms with E-state index in [0.717, 1.165) is 16.4 Å². The Hall–Kier alpha value is -2.82. The summed E-state index contributed by atoms with van der Waals surface area (Å²) < 4.78 is 54.6. The summed E-state index contributed by atoms with van der Waals surface area (Å²) in [6.45, 7) is 0.371. The highest BCUT2D eigenvalue weighted by Crippen LogP contribution is 2.22. The topological polar surface area (TPSA) is 75.5 Å². The second kappa shape index (κ2) is 8.37. The number of sulfonamides is 1. The fraction of sp³-hybridized carbons (Fsp3) is 0.200. The van der Waals surface area contributed by atoms with Gasteiger partial charge in [0, 0.05) is 32.4 Å². The van der Waals surface area contributed by atoms with Gasteiger partial charge >= 0.3 is 0 Å². The van der Waals surface area contributed by atoms with E-state index in [0.29, 0.717) is 22.3 Å². The number of para-hydroxylation sites is 1. The highest BCUT2D eigenvalue weighted by Gasteiger charge is 2.31. The standard InChI is InChI=1S/C20H17ClF2N4O3S/c21-16-3-1-2-4-19(16)27-13-14(12-24-27)20(28)25-7-9-26(10-8-25)31(29,30)15-5-6-17(22)18(23)11-15/h1-6,11-13H,7-10H2. The van der Waals surface area contributed by atoms with Gasteiger partial charge in [-0.15, -0.1) is 0 Å². The number of amides is 1. The van der Waals surface area contributed by atoms with Gasteiger partial charge in [-0.05, 0) is 30.3 Å². The van der Waals surface area contributed by atoms with E-state index >= 15 is 0 Å². The van der Waals surface area contributed by atoms with E-state index in [4.69, 9.17) is 11.6 Å². The van der Waals surface area contributed by atoms with Crippen LogP contribution in [0.25, 0.3) is 5.69 Å². The third-order valence-electron chi connectivity index (χ3n) is 4.98. The van der Waals surface area contributed by atoms with Gasteiger partial charge in [-0.3, -0.25) is 4.79 Å². The van der Waals surface area contributed by atoms with Gasteiger partial charge in [-0.1, -0.05) is 23.7 Å². The van der Waals surface area contributed by atoms with Crippen LogP contribution < -0.4 is 0 Å². The van der Waals surface area contributed by atoms with Crippen LogP contribution in [0.15, 0.2) is 59.8 Å². The van der Waals surface area contributed by atoms with Crippen LogP contribution in [0.2, 0.25) is 5.02 Å². The molecule has 1 amide bonds. The summed E-state index contributed by atoms with van der Waals surface area (Å²) in [6, 6.07) is 9.53. The lowest BCUT2D eigenvalue weighted by molar-refractivity contribution is 0.0698. The molecule has 2 heterocycles. The average Bonchev–Trinajstić information content (AvgIpc) is 3.25. The number of piperazine rings is 1. The number of nitrogens with zero attached hydrogens (tertiary/aromatic N) is 4. The Morgan fingerprint density at radius 1 is 1.00 bits per heavy atom. The van der Waals surface area contributed by atoms with Crippen molar-refractivity contribution >= 4 is 27.5 Å². The van der Waals surface area contributed by atoms with Gasteiger partial charge in [0.15, 0.2) is 11.6 Å². The number of aromatic nitrogens is 2. The first-order valence-corrected chi connectivity index (χ1v) is 11.1. The maximum Gasteiger partial charge on any atom is 0.257 e. The van der Waals surface area contributed by atoms with E-state index in [-0.39, 0.29) is 37.0 Å². The molecule has 4 rings (SSSR count). The van der Waals surface area contributed by atoms with Crippen LogP contribution in [-0.4, -0.2) is 59.5 Å². The average molecular weight is 467 g/mol. The van der Waals surface area contributed by atoms with Crippen molar-refractivity contribution in [1.29, 1.82) is 0 Å². The van der Waals surface area contributed by atoms with Crippen LogP contribution in [0.3, 0.4) is 0 Å². The molecule has 0 spiro atoms. The quantitative estimate of drug-likeness (QED) is 0.592. The van der Waals surface area contributed by atoms with Crippen molar-refractivity contribution in [3.63, 3.8) is 0 Å². The van der Waals surface area contributed by atoms with Crippen molar-refractivity contribution in [3.05, 3.63) is 77.1 Å². The van der Waals surface area contributed by atoms with Crippen LogP contribution >= 0.6 is 11.6 Å². The van der Waals surface area contributed by atoms with Gasteiger partial charge in [0.1, 0.15) is 0 Å². The monoisotopic (exact) mass is 466 g/mol. The summed E-state index contributed by atoms with van der Waals surface area (Å²) in [5.74, 6) is -2.64. The predicted octanol–water partition coefficient (Wildman–Crippen LogP) is 2.95. The molecule has 11 heteroatoms. The lowest BCUT2D eigenvalue weighted by Crippen LogP contribution is -2.50. The van der Waals surface area contributed by atoms with Gasteiger partial charge < -0.3 is 4.90 Å². The van der Waals surface area contributed by atoms with Gasteiger partial charge in [-0.2, -0.15) is 9.40 Å². The summed E-state index contributed by atoms with van der Waals surface area (Å²) >= 11 is 6.16. The maximum absolute atomic E-state index is 13.5. The first kappa shape index (κ1) is 21.4. The third-order valence-corrected chi connectivity index (χ3v) is 7.20. The normalized spacial score (nSPS) is 15.3. The van der Waals surface area contributed by atoms with Crippen LogP contribution in [0.5, 0.6) is 0 Å². The number of halogens is 3. The second-order valence-corrected chi connectivity index (χ2v) is 9.24. The predicted molar refractivity (Wildman–Crippen MR) is 110 cm³/mol. The minimum Gasteiger partial charge on any atom is -0.336 e. The SMILES string of the molecule is O=C(c1cnn(-c2ccccc2Cl)c1)N1CCN(S(=O)(=O)c2ccc(F)c(F)c2)CC1. The zero-order valence-electron chi connectivity index (χ0n) is 16.1. The molecule has 1 saturated heterocycles. The fourth-order valence-electron chi connectivity index (χ4n) is 3.30. The zero-order chi connectivity index (χ0) is 22.2. The highest BCUT2D eigenvalue weighted by atomic mass is 35.5.